The van der Waals surface area contributed by atoms with Gasteiger partial charge in [-0.15, -0.1) is 0 Å². The molecular weight excluding hydrogens is 424 g/mol. The SMILES string of the molecule is CCc1ccc(CN(Cc2cccnc2)C(=O)CCCNC(=O)c2ccc(F)cc2F)cc1. The number of nitrogens with zero attached hydrogens (tertiary/aromatic N) is 2. The van der Waals surface area contributed by atoms with Gasteiger partial charge in [0.05, 0.1) is 5.56 Å². The summed E-state index contributed by atoms with van der Waals surface area (Å²) in [5, 5.41) is 2.58. The molecule has 0 fully saturated rings. The number of pyridine rings is 1. The number of halogens is 2. The summed E-state index contributed by atoms with van der Waals surface area (Å²) in [5.41, 5.74) is 2.97. The number of rotatable bonds is 10. The summed E-state index contributed by atoms with van der Waals surface area (Å²) in [5.74, 6) is -2.35. The average Bonchev–Trinajstić information content (AvgIpc) is 2.82. The van der Waals surface area contributed by atoms with Crippen molar-refractivity contribution < 1.29 is 18.4 Å². The molecule has 2 aromatic carbocycles. The fourth-order valence-corrected chi connectivity index (χ4v) is 3.41. The van der Waals surface area contributed by atoms with Gasteiger partial charge < -0.3 is 10.2 Å². The molecule has 0 spiro atoms. The molecule has 0 aliphatic carbocycles. The molecule has 0 aliphatic heterocycles. The second-order valence-electron chi connectivity index (χ2n) is 7.76. The van der Waals surface area contributed by atoms with E-state index in [4.69, 9.17) is 0 Å². The minimum atomic E-state index is -0.916. The predicted octanol–water partition coefficient (Wildman–Crippen LogP) is 4.66. The third-order valence-electron chi connectivity index (χ3n) is 5.28. The molecule has 0 radical (unpaired) electrons. The lowest BCUT2D eigenvalue weighted by atomic mass is 10.1. The molecule has 5 nitrogen and oxygen atoms in total. The van der Waals surface area contributed by atoms with Crippen molar-refractivity contribution in [3.05, 3.63) is 101 Å². The third-order valence-corrected chi connectivity index (χ3v) is 5.28. The van der Waals surface area contributed by atoms with Crippen LogP contribution in [0.1, 0.15) is 46.8 Å². The Hall–Kier alpha value is -3.61. The molecule has 0 saturated carbocycles. The Labute approximate surface area is 192 Å². The normalized spacial score (nSPS) is 10.6. The van der Waals surface area contributed by atoms with E-state index in [2.05, 4.69) is 29.4 Å². The number of benzene rings is 2. The average molecular weight is 452 g/mol. The first-order valence-corrected chi connectivity index (χ1v) is 10.9. The van der Waals surface area contributed by atoms with Gasteiger partial charge in [-0.1, -0.05) is 37.3 Å². The third kappa shape index (κ3) is 7.20. The van der Waals surface area contributed by atoms with Gasteiger partial charge in [0, 0.05) is 44.5 Å². The zero-order chi connectivity index (χ0) is 23.6. The van der Waals surface area contributed by atoms with Crippen LogP contribution in [0.4, 0.5) is 8.78 Å². The maximum Gasteiger partial charge on any atom is 0.254 e. The first-order chi connectivity index (χ1) is 16.0. The Bertz CT molecular complexity index is 1070. The molecule has 0 atom stereocenters. The van der Waals surface area contributed by atoms with E-state index in [1.54, 1.807) is 17.3 Å². The van der Waals surface area contributed by atoms with Crippen LogP contribution in [-0.4, -0.2) is 28.2 Å². The number of carbonyl (C=O) groups is 2. The lowest BCUT2D eigenvalue weighted by Crippen LogP contribution is -2.31. The second kappa shape index (κ2) is 11.9. The Morgan fingerprint density at radius 1 is 0.970 bits per heavy atom. The molecule has 7 heteroatoms. The van der Waals surface area contributed by atoms with Gasteiger partial charge in [0.1, 0.15) is 11.6 Å². The molecular formula is C26H27F2N3O2. The maximum absolute atomic E-state index is 13.7. The first kappa shape index (κ1) is 24.0. The van der Waals surface area contributed by atoms with Crippen LogP contribution in [0, 0.1) is 11.6 Å². The summed E-state index contributed by atoms with van der Waals surface area (Å²) >= 11 is 0. The van der Waals surface area contributed by atoms with E-state index in [1.165, 1.54) is 5.56 Å². The summed E-state index contributed by atoms with van der Waals surface area (Å²) in [6.45, 7) is 3.18. The quantitative estimate of drug-likeness (QED) is 0.456. The molecule has 172 valence electrons. The van der Waals surface area contributed by atoms with Crippen LogP contribution in [0.15, 0.2) is 67.0 Å². The Morgan fingerprint density at radius 2 is 1.70 bits per heavy atom. The van der Waals surface area contributed by atoms with Gasteiger partial charge in [-0.05, 0) is 47.7 Å². The Kier molecular flexibility index (Phi) is 8.63. The van der Waals surface area contributed by atoms with Gasteiger partial charge in [-0.25, -0.2) is 8.78 Å². The monoisotopic (exact) mass is 451 g/mol. The van der Waals surface area contributed by atoms with E-state index in [0.717, 1.165) is 29.7 Å². The summed E-state index contributed by atoms with van der Waals surface area (Å²) in [7, 11) is 0. The second-order valence-corrected chi connectivity index (χ2v) is 7.76. The zero-order valence-electron chi connectivity index (χ0n) is 18.6. The molecule has 1 N–H and O–H groups in total. The van der Waals surface area contributed by atoms with Crippen LogP contribution in [0.5, 0.6) is 0 Å². The van der Waals surface area contributed by atoms with Crippen LogP contribution in [-0.2, 0) is 24.3 Å². The number of hydrogen-bond donors (Lipinski definition) is 1. The highest BCUT2D eigenvalue weighted by Gasteiger charge is 2.16. The van der Waals surface area contributed by atoms with Gasteiger partial charge in [0.15, 0.2) is 0 Å². The van der Waals surface area contributed by atoms with Crippen molar-refractivity contribution >= 4 is 11.8 Å². The molecule has 1 heterocycles. The van der Waals surface area contributed by atoms with Crippen LogP contribution in [0.3, 0.4) is 0 Å². The lowest BCUT2D eigenvalue weighted by Gasteiger charge is -2.23. The van der Waals surface area contributed by atoms with Crippen LogP contribution < -0.4 is 5.32 Å². The number of amides is 2. The molecule has 0 saturated heterocycles. The highest BCUT2D eigenvalue weighted by Crippen LogP contribution is 2.14. The minimum absolute atomic E-state index is 0.0550. The molecule has 0 aliphatic rings. The summed E-state index contributed by atoms with van der Waals surface area (Å²) in [6, 6.07) is 14.7. The molecule has 2 amide bonds. The number of aryl methyl sites for hydroxylation is 1. The zero-order valence-corrected chi connectivity index (χ0v) is 18.6. The number of nitrogens with one attached hydrogen (secondary N) is 1. The largest absolute Gasteiger partial charge is 0.352 e. The van der Waals surface area contributed by atoms with Crippen molar-refractivity contribution in [1.82, 2.24) is 15.2 Å². The van der Waals surface area contributed by atoms with Crippen molar-refractivity contribution in [2.24, 2.45) is 0 Å². The van der Waals surface area contributed by atoms with E-state index in [1.807, 2.05) is 24.3 Å². The van der Waals surface area contributed by atoms with Gasteiger partial charge in [-0.3, -0.25) is 14.6 Å². The predicted molar refractivity (Wildman–Crippen MR) is 122 cm³/mol. The van der Waals surface area contributed by atoms with Crippen LogP contribution in [0.25, 0.3) is 0 Å². The molecule has 1 aromatic heterocycles. The topological polar surface area (TPSA) is 62.3 Å². The fraction of sp³-hybridized carbons (Fsp3) is 0.269. The highest BCUT2D eigenvalue weighted by molar-refractivity contribution is 5.94. The van der Waals surface area contributed by atoms with Gasteiger partial charge in [0.2, 0.25) is 5.91 Å². The van der Waals surface area contributed by atoms with E-state index < -0.39 is 17.5 Å². The van der Waals surface area contributed by atoms with Crippen LogP contribution >= 0.6 is 0 Å². The standard InChI is InChI=1S/C26H27F2N3O2/c1-2-19-7-9-20(10-8-19)17-31(18-21-5-3-13-29-16-21)25(32)6-4-14-30-26(33)23-12-11-22(27)15-24(23)28/h3,5,7-13,15-16H,2,4,6,14,17-18H2,1H3,(H,30,33). The lowest BCUT2D eigenvalue weighted by molar-refractivity contribution is -0.132. The molecule has 3 aromatic rings. The maximum atomic E-state index is 13.7. The van der Waals surface area contributed by atoms with Crippen molar-refractivity contribution in [1.29, 1.82) is 0 Å². The van der Waals surface area contributed by atoms with Crippen molar-refractivity contribution in [3.63, 3.8) is 0 Å². The highest BCUT2D eigenvalue weighted by atomic mass is 19.1. The first-order valence-electron chi connectivity index (χ1n) is 10.9. The smallest absolute Gasteiger partial charge is 0.254 e. The summed E-state index contributed by atoms with van der Waals surface area (Å²) < 4.78 is 26.8. The summed E-state index contributed by atoms with van der Waals surface area (Å²) in [4.78, 5) is 31.0. The molecule has 3 rings (SSSR count). The van der Waals surface area contributed by atoms with E-state index in [0.29, 0.717) is 25.6 Å². The van der Waals surface area contributed by atoms with Gasteiger partial charge in [0.25, 0.3) is 5.91 Å². The van der Waals surface area contributed by atoms with Crippen molar-refractivity contribution in [3.8, 4) is 0 Å². The molecule has 33 heavy (non-hydrogen) atoms. The van der Waals surface area contributed by atoms with Crippen LogP contribution in [0.2, 0.25) is 0 Å². The summed E-state index contributed by atoms with van der Waals surface area (Å²) in [6.07, 6.45) is 4.99. The van der Waals surface area contributed by atoms with E-state index in [9.17, 15) is 18.4 Å². The van der Waals surface area contributed by atoms with E-state index in [-0.39, 0.29) is 24.4 Å². The Balaban J connectivity index is 1.57. The van der Waals surface area contributed by atoms with Crippen molar-refractivity contribution in [2.75, 3.05) is 6.54 Å². The van der Waals surface area contributed by atoms with Gasteiger partial charge >= 0.3 is 0 Å². The number of hydrogen-bond acceptors (Lipinski definition) is 3. The molecule has 0 unspecified atom stereocenters. The number of carbonyl (C=O) groups excluding carboxylic acids is 2. The van der Waals surface area contributed by atoms with Crippen molar-refractivity contribution in [2.45, 2.75) is 39.3 Å². The van der Waals surface area contributed by atoms with E-state index >= 15 is 0 Å². The van der Waals surface area contributed by atoms with Gasteiger partial charge in [-0.2, -0.15) is 0 Å². The number of aromatic nitrogens is 1. The fourth-order valence-electron chi connectivity index (χ4n) is 3.41. The minimum Gasteiger partial charge on any atom is -0.352 e. The molecule has 0 bridgehead atoms. The Morgan fingerprint density at radius 3 is 2.36 bits per heavy atom.